The van der Waals surface area contributed by atoms with E-state index in [9.17, 15) is 19.2 Å². The number of nitrogens with one attached hydrogen (secondary N) is 3. The zero-order chi connectivity index (χ0) is 21.4. The van der Waals surface area contributed by atoms with Crippen LogP contribution in [0.5, 0.6) is 0 Å². The van der Waals surface area contributed by atoms with Crippen LogP contribution in [0.1, 0.15) is 54.4 Å². The summed E-state index contributed by atoms with van der Waals surface area (Å²) in [6, 6.07) is -0.866. The molecule has 1 unspecified atom stereocenters. The summed E-state index contributed by atoms with van der Waals surface area (Å²) in [5.41, 5.74) is -1.42. The van der Waals surface area contributed by atoms with Crippen LogP contribution < -0.4 is 16.0 Å². The molecule has 1 atom stereocenters. The van der Waals surface area contributed by atoms with Crippen molar-refractivity contribution in [2.75, 3.05) is 27.2 Å². The lowest BCUT2D eigenvalue weighted by atomic mass is 9.78. The van der Waals surface area contributed by atoms with Gasteiger partial charge in [0.05, 0.1) is 0 Å². The van der Waals surface area contributed by atoms with Crippen LogP contribution in [0.25, 0.3) is 0 Å². The van der Waals surface area contributed by atoms with Gasteiger partial charge >= 0.3 is 0 Å². The largest absolute Gasteiger partial charge is 0.353 e. The van der Waals surface area contributed by atoms with Gasteiger partial charge in [0.2, 0.25) is 17.7 Å². The van der Waals surface area contributed by atoms with Gasteiger partial charge in [0.25, 0.3) is 0 Å². The fourth-order valence-corrected chi connectivity index (χ4v) is 3.43. The van der Waals surface area contributed by atoms with Crippen LogP contribution in [0.2, 0.25) is 0 Å². The number of hydrogen-bond donors (Lipinski definition) is 3. The predicted molar refractivity (Wildman–Crippen MR) is 105 cm³/mol. The topological polar surface area (TPSA) is 108 Å². The maximum Gasteiger partial charge on any atom is 0.243 e. The molecule has 0 aromatic heterocycles. The Morgan fingerprint density at radius 3 is 2.00 bits per heavy atom. The van der Waals surface area contributed by atoms with E-state index in [0.29, 0.717) is 19.5 Å². The highest BCUT2D eigenvalue weighted by Crippen LogP contribution is 2.30. The summed E-state index contributed by atoms with van der Waals surface area (Å²) in [5.74, 6) is -0.945. The molecule has 0 rings (SSSR count). The van der Waals surface area contributed by atoms with E-state index in [1.807, 2.05) is 13.8 Å². The van der Waals surface area contributed by atoms with Gasteiger partial charge in [-0.3, -0.25) is 19.2 Å². The van der Waals surface area contributed by atoms with E-state index in [-0.39, 0.29) is 29.9 Å². The Morgan fingerprint density at radius 1 is 1.00 bits per heavy atom. The summed E-state index contributed by atoms with van der Waals surface area (Å²) in [6.07, 6.45) is 0.343. The number of likely N-dealkylation sites (N-methyl/N-ethyl adjacent to an activating group) is 2. The van der Waals surface area contributed by atoms with Crippen LogP contribution in [0, 0.1) is 5.41 Å². The number of ketones is 1. The van der Waals surface area contributed by atoms with Gasteiger partial charge in [0, 0.05) is 44.4 Å². The zero-order valence-corrected chi connectivity index (χ0v) is 18.0. The van der Waals surface area contributed by atoms with Gasteiger partial charge in [-0.2, -0.15) is 0 Å². The molecule has 8 heteroatoms. The molecule has 0 aliphatic heterocycles. The maximum absolute atomic E-state index is 13.1. The predicted octanol–water partition coefficient (Wildman–Crippen LogP) is 0.459. The molecule has 0 aromatic rings. The van der Waals surface area contributed by atoms with Crippen LogP contribution >= 0.6 is 0 Å². The number of hydrogen-bond acceptors (Lipinski definition) is 5. The number of carbonyl (C=O) groups is 4. The number of nitrogens with zero attached hydrogens (tertiary/aromatic N) is 1. The summed E-state index contributed by atoms with van der Waals surface area (Å²) in [7, 11) is 3.31. The molecule has 0 aliphatic rings. The van der Waals surface area contributed by atoms with Crippen molar-refractivity contribution in [3.8, 4) is 0 Å². The Labute approximate surface area is 162 Å². The third-order valence-corrected chi connectivity index (χ3v) is 4.22. The molecule has 3 amide bonds. The van der Waals surface area contributed by atoms with E-state index < -0.39 is 17.0 Å². The highest BCUT2D eigenvalue weighted by molar-refractivity contribution is 5.93. The normalized spacial score (nSPS) is 12.9. The minimum Gasteiger partial charge on any atom is -0.353 e. The molecular weight excluding hydrogens is 348 g/mol. The van der Waals surface area contributed by atoms with Crippen LogP contribution in [0.4, 0.5) is 0 Å². The number of Topliss-reactive ketones (excluding diaryl/α,β-unsaturated/α-hetero) is 1. The van der Waals surface area contributed by atoms with Gasteiger partial charge in [-0.25, -0.2) is 0 Å². The Bertz CT molecular complexity index is 558. The third kappa shape index (κ3) is 8.99. The molecule has 0 bridgehead atoms. The van der Waals surface area contributed by atoms with E-state index in [1.54, 1.807) is 27.9 Å². The molecule has 0 fully saturated rings. The summed E-state index contributed by atoms with van der Waals surface area (Å²) in [4.78, 5) is 50.0. The molecule has 8 nitrogen and oxygen atoms in total. The molecular formula is C19H36N4O4. The molecule has 3 N–H and O–H groups in total. The van der Waals surface area contributed by atoms with Crippen molar-refractivity contribution in [2.45, 2.75) is 66.0 Å². The first kappa shape index (κ1) is 25.0. The number of amides is 3. The lowest BCUT2D eigenvalue weighted by Gasteiger charge is -2.38. The van der Waals surface area contributed by atoms with Crippen molar-refractivity contribution < 1.29 is 19.2 Å². The monoisotopic (exact) mass is 384 g/mol. The minimum absolute atomic E-state index is 0.0429. The van der Waals surface area contributed by atoms with Gasteiger partial charge < -0.3 is 20.9 Å². The summed E-state index contributed by atoms with van der Waals surface area (Å²) < 4.78 is 0. The lowest BCUT2D eigenvalue weighted by molar-refractivity contribution is -0.148. The van der Waals surface area contributed by atoms with Crippen molar-refractivity contribution in [1.29, 1.82) is 0 Å². The van der Waals surface area contributed by atoms with Crippen LogP contribution in [-0.2, 0) is 19.2 Å². The van der Waals surface area contributed by atoms with Crippen molar-refractivity contribution in [3.63, 3.8) is 0 Å². The smallest absolute Gasteiger partial charge is 0.243 e. The summed E-state index contributed by atoms with van der Waals surface area (Å²) in [5, 5.41) is 8.51. The van der Waals surface area contributed by atoms with Gasteiger partial charge in [-0.15, -0.1) is 0 Å². The summed E-state index contributed by atoms with van der Waals surface area (Å²) >= 11 is 0. The molecule has 0 aliphatic carbocycles. The highest BCUT2D eigenvalue weighted by atomic mass is 16.2. The van der Waals surface area contributed by atoms with Gasteiger partial charge in [0.1, 0.15) is 11.8 Å². The Balaban J connectivity index is 5.34. The van der Waals surface area contributed by atoms with Crippen molar-refractivity contribution in [3.05, 3.63) is 0 Å². The van der Waals surface area contributed by atoms with E-state index in [1.165, 1.54) is 18.7 Å². The quantitative estimate of drug-likeness (QED) is 0.449. The molecule has 0 aromatic carbocycles. The minimum atomic E-state index is -0.866. The van der Waals surface area contributed by atoms with E-state index in [0.717, 1.165) is 0 Å². The average Bonchev–Trinajstić information content (AvgIpc) is 2.48. The van der Waals surface area contributed by atoms with Crippen molar-refractivity contribution in [2.24, 2.45) is 5.41 Å². The van der Waals surface area contributed by atoms with Crippen molar-refractivity contribution >= 4 is 23.5 Å². The van der Waals surface area contributed by atoms with E-state index in [4.69, 9.17) is 0 Å². The van der Waals surface area contributed by atoms with E-state index in [2.05, 4.69) is 16.0 Å². The summed E-state index contributed by atoms with van der Waals surface area (Å²) in [6.45, 7) is 11.1. The van der Waals surface area contributed by atoms with Gasteiger partial charge in [-0.05, 0) is 34.2 Å². The first-order chi connectivity index (χ1) is 12.2. The first-order valence-electron chi connectivity index (χ1n) is 9.21. The second kappa shape index (κ2) is 10.4. The number of rotatable bonds is 11. The standard InChI is InChI=1S/C19H36N4O4/c1-13(24)11-15(16(26)21-10-9-20-7)23(8)17(27)18(3,4)12-19(5,6)22-14(2)25/h15,20H,9-12H2,1-8H3,(H,21,26)(H,22,25). The molecule has 0 radical (unpaired) electrons. The van der Waals surface area contributed by atoms with Crippen LogP contribution in [0.15, 0.2) is 0 Å². The molecule has 156 valence electrons. The third-order valence-electron chi connectivity index (χ3n) is 4.22. The highest BCUT2D eigenvalue weighted by Gasteiger charge is 2.40. The zero-order valence-electron chi connectivity index (χ0n) is 18.0. The van der Waals surface area contributed by atoms with Crippen LogP contribution in [0.3, 0.4) is 0 Å². The first-order valence-corrected chi connectivity index (χ1v) is 9.21. The number of carbonyl (C=O) groups excluding carboxylic acids is 4. The fourth-order valence-electron chi connectivity index (χ4n) is 3.43. The van der Waals surface area contributed by atoms with Crippen molar-refractivity contribution in [1.82, 2.24) is 20.9 Å². The van der Waals surface area contributed by atoms with Crippen LogP contribution in [-0.4, -0.2) is 67.2 Å². The molecule has 0 saturated heterocycles. The lowest BCUT2D eigenvalue weighted by Crippen LogP contribution is -2.54. The molecule has 0 saturated carbocycles. The Kier molecular flexibility index (Phi) is 9.64. The second-order valence-electron chi connectivity index (χ2n) is 8.36. The molecule has 0 spiro atoms. The van der Waals surface area contributed by atoms with E-state index >= 15 is 0 Å². The van der Waals surface area contributed by atoms with Gasteiger partial charge in [0.15, 0.2) is 0 Å². The Morgan fingerprint density at radius 2 is 1.56 bits per heavy atom. The SMILES string of the molecule is CNCCNC(=O)C(CC(C)=O)N(C)C(=O)C(C)(C)CC(C)(C)NC(C)=O. The molecule has 27 heavy (non-hydrogen) atoms. The molecule has 0 heterocycles. The maximum atomic E-state index is 13.1. The Hall–Kier alpha value is -1.96. The van der Waals surface area contributed by atoms with Gasteiger partial charge in [-0.1, -0.05) is 13.8 Å². The average molecular weight is 385 g/mol. The second-order valence-corrected chi connectivity index (χ2v) is 8.36. The fraction of sp³-hybridized carbons (Fsp3) is 0.789.